The number of methoxy groups -OCH3 is 1. The van der Waals surface area contributed by atoms with Crippen LogP contribution in [-0.2, 0) is 4.74 Å². The average Bonchev–Trinajstić information content (AvgIpc) is 2.81. The van der Waals surface area contributed by atoms with Crippen molar-refractivity contribution in [2.75, 3.05) is 13.7 Å². The summed E-state index contributed by atoms with van der Waals surface area (Å²) < 4.78 is 21.9. The van der Waals surface area contributed by atoms with Crippen LogP contribution in [0, 0.1) is 0 Å². The van der Waals surface area contributed by atoms with E-state index >= 15 is 0 Å². The van der Waals surface area contributed by atoms with Crippen molar-refractivity contribution in [3.63, 3.8) is 0 Å². The lowest BCUT2D eigenvalue weighted by atomic mass is 9.99. The maximum Gasteiger partial charge on any atom is 0.235 e. The van der Waals surface area contributed by atoms with Crippen molar-refractivity contribution in [1.29, 1.82) is 0 Å². The molecule has 0 radical (unpaired) electrons. The number of fused-ring (bicyclic) bond motifs is 1. The summed E-state index contributed by atoms with van der Waals surface area (Å²) in [5.41, 5.74) is -0.404. The third-order valence-corrected chi connectivity index (χ3v) is 5.36. The molecule has 4 rings (SSSR count). The third-order valence-electron chi connectivity index (χ3n) is 5.36. The van der Waals surface area contributed by atoms with Gasteiger partial charge in [-0.15, -0.1) is 0 Å². The molecular weight excluding hydrogens is 440 g/mol. The van der Waals surface area contributed by atoms with Gasteiger partial charge in [0.15, 0.2) is 17.3 Å². The molecule has 6 N–H and O–H groups in total. The number of phenols is 2. The molecular formula is C22H22O11. The van der Waals surface area contributed by atoms with Crippen LogP contribution >= 0.6 is 0 Å². The molecule has 0 amide bonds. The van der Waals surface area contributed by atoms with Gasteiger partial charge in [-0.25, -0.2) is 0 Å². The predicted octanol–water partition coefficient (Wildman–Crippen LogP) is 0.0585. The first kappa shape index (κ1) is 22.8. The van der Waals surface area contributed by atoms with Crippen LogP contribution in [0.2, 0.25) is 0 Å². The summed E-state index contributed by atoms with van der Waals surface area (Å²) in [6.45, 7) is -0.682. The van der Waals surface area contributed by atoms with E-state index in [1.165, 1.54) is 43.5 Å². The minimum Gasteiger partial charge on any atom is -0.508 e. The van der Waals surface area contributed by atoms with Gasteiger partial charge in [0.05, 0.1) is 19.1 Å². The van der Waals surface area contributed by atoms with Gasteiger partial charge in [0, 0.05) is 11.6 Å². The molecule has 2 aromatic carbocycles. The van der Waals surface area contributed by atoms with Crippen LogP contribution in [0.5, 0.6) is 23.0 Å². The van der Waals surface area contributed by atoms with Crippen LogP contribution in [0.25, 0.3) is 22.3 Å². The van der Waals surface area contributed by atoms with Crippen molar-refractivity contribution in [2.45, 2.75) is 30.7 Å². The Morgan fingerprint density at radius 3 is 2.33 bits per heavy atom. The zero-order chi connectivity index (χ0) is 23.9. The van der Waals surface area contributed by atoms with E-state index in [4.69, 9.17) is 18.6 Å². The summed E-state index contributed by atoms with van der Waals surface area (Å²) >= 11 is 0. The van der Waals surface area contributed by atoms with Gasteiger partial charge in [-0.2, -0.15) is 0 Å². The van der Waals surface area contributed by atoms with Gasteiger partial charge in [0.1, 0.15) is 35.7 Å². The summed E-state index contributed by atoms with van der Waals surface area (Å²) in [6, 6.07) is 8.03. The Labute approximate surface area is 186 Å². The summed E-state index contributed by atoms with van der Waals surface area (Å²) in [4.78, 5) is 13.4. The minimum atomic E-state index is -1.76. The first-order valence-corrected chi connectivity index (χ1v) is 9.89. The van der Waals surface area contributed by atoms with Crippen LogP contribution in [0.15, 0.2) is 45.6 Å². The number of ether oxygens (including phenoxy) is 3. The monoisotopic (exact) mass is 462 g/mol. The molecule has 2 heterocycles. The molecule has 1 aliphatic rings. The van der Waals surface area contributed by atoms with Gasteiger partial charge >= 0.3 is 0 Å². The van der Waals surface area contributed by atoms with Crippen LogP contribution < -0.4 is 14.9 Å². The van der Waals surface area contributed by atoms with Gasteiger partial charge in [-0.1, -0.05) is 0 Å². The highest BCUT2D eigenvalue weighted by molar-refractivity contribution is 5.85. The molecule has 0 aliphatic carbocycles. The van der Waals surface area contributed by atoms with Crippen molar-refractivity contribution in [3.05, 3.63) is 46.6 Å². The van der Waals surface area contributed by atoms with Crippen LogP contribution in [0.3, 0.4) is 0 Å². The number of benzene rings is 2. The maximum absolute atomic E-state index is 13.4. The normalized spacial score (nSPS) is 25.2. The second-order valence-electron chi connectivity index (χ2n) is 7.47. The third kappa shape index (κ3) is 4.08. The van der Waals surface area contributed by atoms with Gasteiger partial charge in [0.2, 0.25) is 17.5 Å². The van der Waals surface area contributed by atoms with Crippen molar-refractivity contribution in [1.82, 2.24) is 0 Å². The molecule has 176 valence electrons. The van der Waals surface area contributed by atoms with E-state index in [2.05, 4.69) is 0 Å². The first-order chi connectivity index (χ1) is 15.7. The molecule has 1 aliphatic heterocycles. The lowest BCUT2D eigenvalue weighted by Crippen LogP contribution is -2.60. The first-order valence-electron chi connectivity index (χ1n) is 9.89. The van der Waals surface area contributed by atoms with E-state index in [-0.39, 0.29) is 34.0 Å². The molecule has 0 bridgehead atoms. The molecule has 33 heavy (non-hydrogen) atoms. The van der Waals surface area contributed by atoms with E-state index < -0.39 is 48.5 Å². The summed E-state index contributed by atoms with van der Waals surface area (Å²) in [6.07, 6.45) is -7.99. The number of hydrogen-bond acceptors (Lipinski definition) is 11. The standard InChI is InChI=1S/C22H22O11/c1-30-14-6-11-13(7-12(14)25)31-20(9-2-4-10(24)5-3-9)21(16(11)26)33-22-19(29)18(28)17(27)15(8-23)32-22/h2-7,15,17-19,22-25,27-29H,8H2,1H3. The van der Waals surface area contributed by atoms with Crippen LogP contribution in [-0.4, -0.2) is 75.1 Å². The minimum absolute atomic E-state index is 0.00234. The molecule has 1 saturated heterocycles. The molecule has 0 spiro atoms. The molecule has 11 nitrogen and oxygen atoms in total. The van der Waals surface area contributed by atoms with E-state index in [0.29, 0.717) is 5.56 Å². The maximum atomic E-state index is 13.4. The molecule has 11 heteroatoms. The molecule has 1 aromatic heterocycles. The summed E-state index contributed by atoms with van der Waals surface area (Å²) in [5, 5.41) is 59.5. The highest BCUT2D eigenvalue weighted by Gasteiger charge is 2.45. The molecule has 1 fully saturated rings. The van der Waals surface area contributed by atoms with Gasteiger partial charge < -0.3 is 49.3 Å². The highest BCUT2D eigenvalue weighted by atomic mass is 16.7. The molecule has 0 saturated carbocycles. The second-order valence-corrected chi connectivity index (χ2v) is 7.47. The van der Waals surface area contributed by atoms with Crippen molar-refractivity contribution in [3.8, 4) is 34.3 Å². The van der Waals surface area contributed by atoms with E-state index in [1.54, 1.807) is 0 Å². The van der Waals surface area contributed by atoms with E-state index in [9.17, 15) is 35.4 Å². The van der Waals surface area contributed by atoms with E-state index in [0.717, 1.165) is 0 Å². The Morgan fingerprint density at radius 1 is 1.00 bits per heavy atom. The number of aromatic hydroxyl groups is 2. The molecule has 3 aromatic rings. The smallest absolute Gasteiger partial charge is 0.235 e. The quantitative estimate of drug-likeness (QED) is 0.302. The Morgan fingerprint density at radius 2 is 1.70 bits per heavy atom. The van der Waals surface area contributed by atoms with E-state index in [1.807, 2.05) is 0 Å². The largest absolute Gasteiger partial charge is 0.508 e. The molecule has 5 atom stereocenters. The topological polar surface area (TPSA) is 179 Å². The fraction of sp³-hybridized carbons (Fsp3) is 0.318. The highest BCUT2D eigenvalue weighted by Crippen LogP contribution is 2.37. The van der Waals surface area contributed by atoms with Crippen molar-refractivity contribution >= 4 is 11.0 Å². The van der Waals surface area contributed by atoms with Gasteiger partial charge in [-0.05, 0) is 30.3 Å². The Kier molecular flexibility index (Phi) is 6.15. The van der Waals surface area contributed by atoms with Crippen molar-refractivity contribution in [2.24, 2.45) is 0 Å². The van der Waals surface area contributed by atoms with Crippen LogP contribution in [0.1, 0.15) is 0 Å². The number of aliphatic hydroxyl groups excluding tert-OH is 4. The summed E-state index contributed by atoms with van der Waals surface area (Å²) in [7, 11) is 1.30. The number of rotatable bonds is 5. The SMILES string of the molecule is COc1cc2c(=O)c(OC3OC(CO)C(O)C(O)C3O)c(-c3ccc(O)cc3)oc2cc1O. The zero-order valence-corrected chi connectivity index (χ0v) is 17.3. The van der Waals surface area contributed by atoms with Crippen LogP contribution in [0.4, 0.5) is 0 Å². The fourth-order valence-corrected chi connectivity index (χ4v) is 3.55. The van der Waals surface area contributed by atoms with Crippen molar-refractivity contribution < 1.29 is 49.3 Å². The van der Waals surface area contributed by atoms with Gasteiger partial charge in [-0.3, -0.25) is 4.79 Å². The second kappa shape index (κ2) is 8.89. The zero-order valence-electron chi connectivity index (χ0n) is 17.3. The lowest BCUT2D eigenvalue weighted by molar-refractivity contribution is -0.277. The Bertz CT molecular complexity index is 1200. The Hall–Kier alpha value is -3.35. The lowest BCUT2D eigenvalue weighted by Gasteiger charge is -2.39. The number of aliphatic hydroxyl groups is 4. The number of hydrogen-bond donors (Lipinski definition) is 6. The summed E-state index contributed by atoms with van der Waals surface area (Å²) in [5.74, 6) is -0.835. The van der Waals surface area contributed by atoms with Gasteiger partial charge in [0.25, 0.3) is 0 Å². The average molecular weight is 462 g/mol. The number of phenolic OH excluding ortho intramolecular Hbond substituents is 2. The predicted molar refractivity (Wildman–Crippen MR) is 112 cm³/mol. The molecule has 5 unspecified atom stereocenters. The fourth-order valence-electron chi connectivity index (χ4n) is 3.55. The Balaban J connectivity index is 1.88.